The molecule has 1 amide bonds. The van der Waals surface area contributed by atoms with Gasteiger partial charge < -0.3 is 15.2 Å². The fourth-order valence-corrected chi connectivity index (χ4v) is 1.70. The van der Waals surface area contributed by atoms with Crippen LogP contribution in [-0.4, -0.2) is 23.2 Å². The van der Waals surface area contributed by atoms with E-state index in [9.17, 15) is 9.59 Å². The Morgan fingerprint density at radius 1 is 1.30 bits per heavy atom. The Hall–Kier alpha value is -2.04. The smallest absolute Gasteiger partial charge is 0.408 e. The minimum atomic E-state index is -1.04. The van der Waals surface area contributed by atoms with E-state index in [1.165, 1.54) is 0 Å². The Morgan fingerprint density at radius 3 is 2.50 bits per heavy atom. The molecule has 0 aliphatic heterocycles. The highest BCUT2D eigenvalue weighted by Gasteiger charge is 2.22. The van der Waals surface area contributed by atoms with Crippen molar-refractivity contribution in [3.05, 3.63) is 35.9 Å². The molecule has 1 rings (SSSR count). The van der Waals surface area contributed by atoms with Crippen LogP contribution in [0.4, 0.5) is 4.79 Å². The standard InChI is InChI=1S/C15H21NO4/c1-3-11(2)9-13(14(17)18)16-15(19)20-10-12-7-5-4-6-8-12/h4-8,11,13H,3,9-10H2,1-2H3,(H,16,19)(H,17,18)/t11-,13+/m1/s1. The van der Waals surface area contributed by atoms with Crippen molar-refractivity contribution in [1.29, 1.82) is 0 Å². The Balaban J connectivity index is 2.44. The van der Waals surface area contributed by atoms with Gasteiger partial charge in [0.25, 0.3) is 0 Å². The summed E-state index contributed by atoms with van der Waals surface area (Å²) in [5.74, 6) is -0.813. The first-order valence-electron chi connectivity index (χ1n) is 6.73. The second-order valence-electron chi connectivity index (χ2n) is 4.85. The number of benzene rings is 1. The van der Waals surface area contributed by atoms with Crippen molar-refractivity contribution in [3.8, 4) is 0 Å². The molecule has 0 saturated carbocycles. The predicted octanol–water partition coefficient (Wildman–Crippen LogP) is 2.80. The summed E-state index contributed by atoms with van der Waals surface area (Å²) in [6.07, 6.45) is 0.557. The van der Waals surface area contributed by atoms with Crippen LogP contribution in [0.15, 0.2) is 30.3 Å². The van der Waals surface area contributed by atoms with Crippen molar-refractivity contribution in [2.45, 2.75) is 39.3 Å². The average molecular weight is 279 g/mol. The summed E-state index contributed by atoms with van der Waals surface area (Å²) in [6, 6.07) is 8.32. The van der Waals surface area contributed by atoms with Crippen molar-refractivity contribution in [2.75, 3.05) is 0 Å². The van der Waals surface area contributed by atoms with E-state index in [4.69, 9.17) is 9.84 Å². The number of carbonyl (C=O) groups excluding carboxylic acids is 1. The molecule has 0 unspecified atom stereocenters. The van der Waals surface area contributed by atoms with Gasteiger partial charge in [0.1, 0.15) is 12.6 Å². The highest BCUT2D eigenvalue weighted by Crippen LogP contribution is 2.10. The number of carboxylic acid groups (broad SMARTS) is 1. The van der Waals surface area contributed by atoms with Crippen molar-refractivity contribution in [2.24, 2.45) is 5.92 Å². The fraction of sp³-hybridized carbons (Fsp3) is 0.467. The zero-order chi connectivity index (χ0) is 15.0. The van der Waals surface area contributed by atoms with E-state index in [1.807, 2.05) is 44.2 Å². The van der Waals surface area contributed by atoms with E-state index in [0.717, 1.165) is 12.0 Å². The van der Waals surface area contributed by atoms with Crippen molar-refractivity contribution >= 4 is 12.1 Å². The first-order valence-corrected chi connectivity index (χ1v) is 6.73. The summed E-state index contributed by atoms with van der Waals surface area (Å²) < 4.78 is 5.01. The van der Waals surface area contributed by atoms with Crippen LogP contribution < -0.4 is 5.32 Å². The van der Waals surface area contributed by atoms with Crippen molar-refractivity contribution < 1.29 is 19.4 Å². The largest absolute Gasteiger partial charge is 0.480 e. The molecule has 0 aromatic heterocycles. The van der Waals surface area contributed by atoms with Gasteiger partial charge in [-0.1, -0.05) is 50.6 Å². The number of rotatable bonds is 7. The van der Waals surface area contributed by atoms with Gasteiger partial charge in [0.05, 0.1) is 0 Å². The van der Waals surface area contributed by atoms with Crippen molar-refractivity contribution in [3.63, 3.8) is 0 Å². The van der Waals surface area contributed by atoms with Gasteiger partial charge >= 0.3 is 12.1 Å². The molecule has 5 heteroatoms. The Morgan fingerprint density at radius 2 is 1.95 bits per heavy atom. The minimum absolute atomic E-state index is 0.127. The van der Waals surface area contributed by atoms with Crippen LogP contribution in [0.5, 0.6) is 0 Å². The molecule has 0 saturated heterocycles. The van der Waals surface area contributed by atoms with E-state index in [-0.39, 0.29) is 12.5 Å². The second kappa shape index (κ2) is 8.19. The summed E-state index contributed by atoms with van der Waals surface area (Å²) in [5, 5.41) is 11.5. The summed E-state index contributed by atoms with van der Waals surface area (Å²) in [6.45, 7) is 4.06. The van der Waals surface area contributed by atoms with Gasteiger partial charge in [0.2, 0.25) is 0 Å². The summed E-state index contributed by atoms with van der Waals surface area (Å²) >= 11 is 0. The number of hydrogen-bond donors (Lipinski definition) is 2. The van der Waals surface area contributed by atoms with E-state index in [0.29, 0.717) is 6.42 Å². The van der Waals surface area contributed by atoms with Crippen LogP contribution in [0, 0.1) is 5.92 Å². The molecule has 0 aliphatic carbocycles. The normalized spacial score (nSPS) is 13.3. The lowest BCUT2D eigenvalue weighted by Crippen LogP contribution is -2.42. The molecule has 5 nitrogen and oxygen atoms in total. The highest BCUT2D eigenvalue weighted by molar-refractivity contribution is 5.79. The third-order valence-electron chi connectivity index (χ3n) is 3.14. The molecular formula is C15H21NO4. The van der Waals surface area contributed by atoms with Crippen LogP contribution in [0.25, 0.3) is 0 Å². The zero-order valence-corrected chi connectivity index (χ0v) is 11.8. The molecule has 0 heterocycles. The van der Waals surface area contributed by atoms with Crippen LogP contribution >= 0.6 is 0 Å². The topological polar surface area (TPSA) is 75.6 Å². The summed E-state index contributed by atoms with van der Waals surface area (Å²) in [7, 11) is 0. The molecule has 0 aliphatic rings. The molecular weight excluding hydrogens is 258 g/mol. The quantitative estimate of drug-likeness (QED) is 0.804. The van der Waals surface area contributed by atoms with Crippen LogP contribution in [0.2, 0.25) is 0 Å². The zero-order valence-electron chi connectivity index (χ0n) is 11.8. The van der Waals surface area contributed by atoms with Gasteiger partial charge in [-0.05, 0) is 17.9 Å². The lowest BCUT2D eigenvalue weighted by molar-refractivity contribution is -0.139. The molecule has 2 atom stereocenters. The van der Waals surface area contributed by atoms with Crippen LogP contribution in [0.1, 0.15) is 32.3 Å². The molecule has 0 bridgehead atoms. The third kappa shape index (κ3) is 5.73. The molecule has 1 aromatic rings. The molecule has 1 aromatic carbocycles. The molecule has 20 heavy (non-hydrogen) atoms. The fourth-order valence-electron chi connectivity index (χ4n) is 1.70. The second-order valence-corrected chi connectivity index (χ2v) is 4.85. The lowest BCUT2D eigenvalue weighted by atomic mass is 9.99. The maximum absolute atomic E-state index is 11.6. The third-order valence-corrected chi connectivity index (χ3v) is 3.14. The SMILES string of the molecule is CC[C@@H](C)C[C@H](NC(=O)OCc1ccccc1)C(=O)O. The number of carboxylic acids is 1. The molecule has 2 N–H and O–H groups in total. The highest BCUT2D eigenvalue weighted by atomic mass is 16.5. The minimum Gasteiger partial charge on any atom is -0.480 e. The van der Waals surface area contributed by atoms with E-state index in [1.54, 1.807) is 0 Å². The Bertz CT molecular complexity index is 433. The van der Waals surface area contributed by atoms with Crippen LogP contribution in [-0.2, 0) is 16.1 Å². The van der Waals surface area contributed by atoms with Crippen LogP contribution in [0.3, 0.4) is 0 Å². The number of ether oxygens (including phenoxy) is 1. The van der Waals surface area contributed by atoms with Gasteiger partial charge in [-0.25, -0.2) is 9.59 Å². The first-order chi connectivity index (χ1) is 9.52. The monoisotopic (exact) mass is 279 g/mol. The maximum atomic E-state index is 11.6. The number of hydrogen-bond acceptors (Lipinski definition) is 3. The first kappa shape index (κ1) is 16.0. The van der Waals surface area contributed by atoms with E-state index >= 15 is 0 Å². The van der Waals surface area contributed by atoms with Gasteiger partial charge in [0, 0.05) is 0 Å². The average Bonchev–Trinajstić information content (AvgIpc) is 2.45. The number of alkyl carbamates (subject to hydrolysis) is 1. The summed E-state index contributed by atoms with van der Waals surface area (Å²) in [5.41, 5.74) is 0.858. The number of carbonyl (C=O) groups is 2. The number of amides is 1. The Kier molecular flexibility index (Phi) is 6.56. The lowest BCUT2D eigenvalue weighted by Gasteiger charge is -2.17. The molecule has 0 radical (unpaired) electrons. The van der Waals surface area contributed by atoms with E-state index in [2.05, 4.69) is 5.32 Å². The predicted molar refractivity (Wildman–Crippen MR) is 75.3 cm³/mol. The molecule has 0 fully saturated rings. The molecule has 0 spiro atoms. The van der Waals surface area contributed by atoms with Gasteiger partial charge in [-0.15, -0.1) is 0 Å². The van der Waals surface area contributed by atoms with Gasteiger partial charge in [-0.3, -0.25) is 0 Å². The number of nitrogens with one attached hydrogen (secondary N) is 1. The summed E-state index contributed by atoms with van der Waals surface area (Å²) in [4.78, 5) is 22.7. The maximum Gasteiger partial charge on any atom is 0.408 e. The number of aliphatic carboxylic acids is 1. The van der Waals surface area contributed by atoms with E-state index < -0.39 is 18.1 Å². The Labute approximate surface area is 118 Å². The molecule has 110 valence electrons. The van der Waals surface area contributed by atoms with Crippen molar-refractivity contribution in [1.82, 2.24) is 5.32 Å². The van der Waals surface area contributed by atoms with Gasteiger partial charge in [-0.2, -0.15) is 0 Å². The van der Waals surface area contributed by atoms with Gasteiger partial charge in [0.15, 0.2) is 0 Å².